The van der Waals surface area contributed by atoms with Crippen molar-refractivity contribution in [2.24, 2.45) is 0 Å². The molecule has 22 heavy (non-hydrogen) atoms. The van der Waals surface area contributed by atoms with Crippen molar-refractivity contribution < 1.29 is 14.7 Å². The fourth-order valence-corrected chi connectivity index (χ4v) is 3.46. The fraction of sp³-hybridized carbons (Fsp3) is 0.625. The Hall–Kier alpha value is -1.40. The summed E-state index contributed by atoms with van der Waals surface area (Å²) in [4.78, 5) is 26.2. The molecular formula is C16H24N2O3S. The maximum Gasteiger partial charge on any atom is 0.242 e. The van der Waals surface area contributed by atoms with E-state index in [1.54, 1.807) is 4.90 Å². The number of nitrogens with zero attached hydrogens (tertiary/aromatic N) is 1. The van der Waals surface area contributed by atoms with Gasteiger partial charge in [0.15, 0.2) is 0 Å². The van der Waals surface area contributed by atoms with Crippen LogP contribution in [0.1, 0.15) is 50.7 Å². The molecule has 6 heteroatoms. The number of aliphatic hydroxyl groups excluding tert-OH is 1. The van der Waals surface area contributed by atoms with Crippen LogP contribution in [0, 0.1) is 0 Å². The molecule has 0 aliphatic carbocycles. The summed E-state index contributed by atoms with van der Waals surface area (Å²) in [5.74, 6) is -0.0980. The molecule has 2 heterocycles. The number of likely N-dealkylation sites (tertiary alicyclic amines) is 1. The number of aliphatic hydroxyl groups is 1. The number of amides is 2. The maximum atomic E-state index is 12.4. The van der Waals surface area contributed by atoms with Gasteiger partial charge in [-0.05, 0) is 48.1 Å². The van der Waals surface area contributed by atoms with E-state index in [2.05, 4.69) is 5.32 Å². The first kappa shape index (κ1) is 17.0. The Kier molecular flexibility index (Phi) is 6.39. The van der Waals surface area contributed by atoms with Crippen LogP contribution in [0.25, 0.3) is 0 Å². The van der Waals surface area contributed by atoms with Crippen LogP contribution in [0.4, 0.5) is 0 Å². The summed E-state index contributed by atoms with van der Waals surface area (Å²) in [6.07, 6.45) is 3.20. The second kappa shape index (κ2) is 8.29. The number of hydrogen-bond donors (Lipinski definition) is 2. The van der Waals surface area contributed by atoms with E-state index in [9.17, 15) is 14.7 Å². The minimum atomic E-state index is -0.696. The quantitative estimate of drug-likeness (QED) is 0.842. The summed E-state index contributed by atoms with van der Waals surface area (Å²) >= 11 is 1.51. The first-order chi connectivity index (χ1) is 10.6. The molecule has 0 radical (unpaired) electrons. The number of rotatable bonds is 6. The molecule has 2 amide bonds. The molecule has 1 aliphatic rings. The van der Waals surface area contributed by atoms with Gasteiger partial charge in [-0.25, -0.2) is 0 Å². The third-order valence-corrected chi connectivity index (χ3v) is 4.69. The molecule has 1 aromatic rings. The highest BCUT2D eigenvalue weighted by molar-refractivity contribution is 7.07. The molecule has 122 valence electrons. The Balaban J connectivity index is 1.90. The number of piperidine rings is 1. The zero-order valence-corrected chi connectivity index (χ0v) is 13.8. The standard InChI is InChI=1S/C16H24N2O3S/c1-2-5-15(20)18-8-4-3-6-13(18)16(21)17-10-14(19)12-7-9-22-11-12/h7,9,11,13-14,19H,2-6,8,10H2,1H3,(H,17,21). The SMILES string of the molecule is CCCC(=O)N1CCCCC1C(=O)NCC(O)c1ccsc1. The van der Waals surface area contributed by atoms with Gasteiger partial charge in [-0.15, -0.1) is 0 Å². The Morgan fingerprint density at radius 1 is 1.50 bits per heavy atom. The van der Waals surface area contributed by atoms with Gasteiger partial charge >= 0.3 is 0 Å². The summed E-state index contributed by atoms with van der Waals surface area (Å²) in [6.45, 7) is 2.81. The van der Waals surface area contributed by atoms with Crippen molar-refractivity contribution in [2.75, 3.05) is 13.1 Å². The lowest BCUT2D eigenvalue weighted by molar-refractivity contribution is -0.142. The van der Waals surface area contributed by atoms with Crippen LogP contribution < -0.4 is 5.32 Å². The van der Waals surface area contributed by atoms with Gasteiger partial charge in [0.25, 0.3) is 0 Å². The van der Waals surface area contributed by atoms with Crippen molar-refractivity contribution in [3.8, 4) is 0 Å². The van der Waals surface area contributed by atoms with E-state index in [0.29, 0.717) is 19.4 Å². The van der Waals surface area contributed by atoms with Crippen LogP contribution >= 0.6 is 11.3 Å². The van der Waals surface area contributed by atoms with Gasteiger partial charge in [0.05, 0.1) is 6.10 Å². The summed E-state index contributed by atoms with van der Waals surface area (Å²) in [5, 5.41) is 16.6. The Morgan fingerprint density at radius 3 is 3.00 bits per heavy atom. The molecule has 2 atom stereocenters. The molecule has 5 nitrogen and oxygen atoms in total. The van der Waals surface area contributed by atoms with E-state index in [1.807, 2.05) is 23.8 Å². The van der Waals surface area contributed by atoms with E-state index in [4.69, 9.17) is 0 Å². The molecule has 2 unspecified atom stereocenters. The number of carbonyl (C=O) groups excluding carboxylic acids is 2. The smallest absolute Gasteiger partial charge is 0.242 e. The monoisotopic (exact) mass is 324 g/mol. The number of carbonyl (C=O) groups is 2. The summed E-state index contributed by atoms with van der Waals surface area (Å²) < 4.78 is 0. The molecule has 2 N–H and O–H groups in total. The van der Waals surface area contributed by atoms with Crippen LogP contribution in [-0.4, -0.2) is 41.0 Å². The lowest BCUT2D eigenvalue weighted by atomic mass is 10.0. The molecular weight excluding hydrogens is 300 g/mol. The lowest BCUT2D eigenvalue weighted by Gasteiger charge is -2.35. The van der Waals surface area contributed by atoms with Gasteiger partial charge in [0.2, 0.25) is 11.8 Å². The van der Waals surface area contributed by atoms with Crippen LogP contribution in [-0.2, 0) is 9.59 Å². The molecule has 1 saturated heterocycles. The van der Waals surface area contributed by atoms with Gasteiger partial charge in [0, 0.05) is 19.5 Å². The minimum Gasteiger partial charge on any atom is -0.387 e. The highest BCUT2D eigenvalue weighted by Gasteiger charge is 2.31. The van der Waals surface area contributed by atoms with Crippen molar-refractivity contribution in [2.45, 2.75) is 51.2 Å². The van der Waals surface area contributed by atoms with Crippen LogP contribution in [0.15, 0.2) is 16.8 Å². The fourth-order valence-electron chi connectivity index (χ4n) is 2.76. The third-order valence-electron chi connectivity index (χ3n) is 3.99. The van der Waals surface area contributed by atoms with E-state index in [-0.39, 0.29) is 24.4 Å². The Bertz CT molecular complexity index is 490. The topological polar surface area (TPSA) is 69.6 Å². The highest BCUT2D eigenvalue weighted by Crippen LogP contribution is 2.19. The normalized spacial score (nSPS) is 19.7. The number of hydrogen-bond acceptors (Lipinski definition) is 4. The average Bonchev–Trinajstić information content (AvgIpc) is 3.07. The van der Waals surface area contributed by atoms with Gasteiger partial charge < -0.3 is 15.3 Å². The predicted molar refractivity (Wildman–Crippen MR) is 86.5 cm³/mol. The molecule has 1 aromatic heterocycles. The maximum absolute atomic E-state index is 12.4. The van der Waals surface area contributed by atoms with Gasteiger partial charge in [-0.2, -0.15) is 11.3 Å². The zero-order valence-electron chi connectivity index (χ0n) is 13.0. The molecule has 0 spiro atoms. The van der Waals surface area contributed by atoms with Crippen LogP contribution in [0.3, 0.4) is 0 Å². The van der Waals surface area contributed by atoms with Crippen molar-refractivity contribution in [3.05, 3.63) is 22.4 Å². The first-order valence-corrected chi connectivity index (χ1v) is 8.85. The summed E-state index contributed by atoms with van der Waals surface area (Å²) in [7, 11) is 0. The first-order valence-electron chi connectivity index (χ1n) is 7.90. The molecule has 1 aliphatic heterocycles. The van der Waals surface area contributed by atoms with E-state index in [0.717, 1.165) is 24.8 Å². The second-order valence-electron chi connectivity index (χ2n) is 5.67. The van der Waals surface area contributed by atoms with Gasteiger partial charge in [-0.1, -0.05) is 6.92 Å². The molecule has 0 aromatic carbocycles. The van der Waals surface area contributed by atoms with Crippen molar-refractivity contribution in [3.63, 3.8) is 0 Å². The van der Waals surface area contributed by atoms with E-state index >= 15 is 0 Å². The average molecular weight is 324 g/mol. The predicted octanol–water partition coefficient (Wildman–Crippen LogP) is 2.08. The van der Waals surface area contributed by atoms with E-state index < -0.39 is 6.10 Å². The number of nitrogens with one attached hydrogen (secondary N) is 1. The van der Waals surface area contributed by atoms with Gasteiger partial charge in [-0.3, -0.25) is 9.59 Å². The summed E-state index contributed by atoms with van der Waals surface area (Å²) in [5.41, 5.74) is 0.813. The molecule has 2 rings (SSSR count). The molecule has 1 fully saturated rings. The zero-order chi connectivity index (χ0) is 15.9. The summed E-state index contributed by atoms with van der Waals surface area (Å²) in [6, 6.07) is 1.46. The Labute approximate surface area is 135 Å². The van der Waals surface area contributed by atoms with Gasteiger partial charge in [0.1, 0.15) is 6.04 Å². The van der Waals surface area contributed by atoms with Crippen LogP contribution in [0.2, 0.25) is 0 Å². The van der Waals surface area contributed by atoms with Crippen molar-refractivity contribution in [1.29, 1.82) is 0 Å². The van der Waals surface area contributed by atoms with Crippen molar-refractivity contribution in [1.82, 2.24) is 10.2 Å². The van der Waals surface area contributed by atoms with E-state index in [1.165, 1.54) is 11.3 Å². The largest absolute Gasteiger partial charge is 0.387 e. The molecule has 0 bridgehead atoms. The highest BCUT2D eigenvalue weighted by atomic mass is 32.1. The molecule has 0 saturated carbocycles. The third kappa shape index (κ3) is 4.30. The number of thiophene rings is 1. The second-order valence-corrected chi connectivity index (χ2v) is 6.45. The Morgan fingerprint density at radius 2 is 2.32 bits per heavy atom. The minimum absolute atomic E-state index is 0.0562. The lowest BCUT2D eigenvalue weighted by Crippen LogP contribution is -2.52. The van der Waals surface area contributed by atoms with Crippen molar-refractivity contribution >= 4 is 23.2 Å². The van der Waals surface area contributed by atoms with Crippen LogP contribution in [0.5, 0.6) is 0 Å².